The fraction of sp³-hybridized carbons (Fsp3) is 0.111. The van der Waals surface area contributed by atoms with Crippen molar-refractivity contribution in [3.63, 3.8) is 0 Å². The minimum absolute atomic E-state index is 0.191. The van der Waals surface area contributed by atoms with Gasteiger partial charge in [0.25, 0.3) is 0 Å². The highest BCUT2D eigenvalue weighted by molar-refractivity contribution is 7.89. The lowest BCUT2D eigenvalue weighted by atomic mass is 10.2. The van der Waals surface area contributed by atoms with Gasteiger partial charge in [-0.05, 0) is 48.0 Å². The molecule has 0 spiro atoms. The number of furan rings is 1. The van der Waals surface area contributed by atoms with E-state index in [0.717, 1.165) is 17.7 Å². The zero-order chi connectivity index (χ0) is 19.3. The van der Waals surface area contributed by atoms with Crippen molar-refractivity contribution in [3.8, 4) is 11.5 Å². The van der Waals surface area contributed by atoms with Crippen molar-refractivity contribution in [3.05, 3.63) is 72.4 Å². The van der Waals surface area contributed by atoms with E-state index in [2.05, 4.69) is 15.0 Å². The Bertz CT molecular complexity index is 1040. The number of benzene rings is 1. The highest BCUT2D eigenvalue weighted by atomic mass is 32.2. The second-order valence-corrected chi connectivity index (χ2v) is 7.35. The Morgan fingerprint density at radius 1 is 1.15 bits per heavy atom. The standard InChI is InChI=1S/C18H16FN3O4S/c19-14-3-1-4-15(10-14)27(24,25)22-12-18(23)21-11-13-6-7-20-16(9-13)17-5-2-8-26-17/h1-10,22H,11-12H2,(H,21,23). The molecule has 1 amide bonds. The van der Waals surface area contributed by atoms with Crippen LogP contribution < -0.4 is 10.0 Å². The van der Waals surface area contributed by atoms with E-state index < -0.39 is 28.3 Å². The van der Waals surface area contributed by atoms with Crippen LogP contribution in [-0.4, -0.2) is 25.9 Å². The van der Waals surface area contributed by atoms with Crippen LogP contribution in [0.4, 0.5) is 4.39 Å². The molecule has 0 atom stereocenters. The number of hydrogen-bond acceptors (Lipinski definition) is 5. The van der Waals surface area contributed by atoms with E-state index in [1.165, 1.54) is 18.4 Å². The number of nitrogens with one attached hydrogen (secondary N) is 2. The van der Waals surface area contributed by atoms with Crippen LogP contribution >= 0.6 is 0 Å². The largest absolute Gasteiger partial charge is 0.463 e. The van der Waals surface area contributed by atoms with E-state index >= 15 is 0 Å². The zero-order valence-corrected chi connectivity index (χ0v) is 14.9. The zero-order valence-electron chi connectivity index (χ0n) is 14.1. The molecule has 0 saturated carbocycles. The summed E-state index contributed by atoms with van der Waals surface area (Å²) in [6.07, 6.45) is 3.13. The number of halogens is 1. The van der Waals surface area contributed by atoms with Gasteiger partial charge in [-0.3, -0.25) is 9.78 Å². The Balaban J connectivity index is 1.55. The average molecular weight is 389 g/mol. The molecular formula is C18H16FN3O4S. The Hall–Kier alpha value is -3.04. The fourth-order valence-electron chi connectivity index (χ4n) is 2.28. The van der Waals surface area contributed by atoms with Crippen LogP contribution in [0, 0.1) is 5.82 Å². The van der Waals surface area contributed by atoms with Crippen molar-refractivity contribution in [1.29, 1.82) is 0 Å². The Morgan fingerprint density at radius 2 is 2.00 bits per heavy atom. The topological polar surface area (TPSA) is 101 Å². The van der Waals surface area contributed by atoms with Gasteiger partial charge in [-0.25, -0.2) is 17.5 Å². The first-order chi connectivity index (χ1) is 12.9. The maximum atomic E-state index is 13.2. The number of rotatable bonds is 7. The highest BCUT2D eigenvalue weighted by Crippen LogP contribution is 2.18. The first kappa shape index (κ1) is 18.7. The number of sulfonamides is 1. The van der Waals surface area contributed by atoms with Gasteiger partial charge < -0.3 is 9.73 Å². The number of pyridine rings is 1. The van der Waals surface area contributed by atoms with Crippen LogP contribution in [0.2, 0.25) is 0 Å². The molecule has 3 rings (SSSR count). The highest BCUT2D eigenvalue weighted by Gasteiger charge is 2.16. The molecule has 0 aliphatic rings. The molecule has 0 bridgehead atoms. The lowest BCUT2D eigenvalue weighted by Crippen LogP contribution is -2.36. The minimum atomic E-state index is -3.97. The third-order valence-corrected chi connectivity index (χ3v) is 5.02. The fourth-order valence-corrected chi connectivity index (χ4v) is 3.30. The van der Waals surface area contributed by atoms with E-state index in [1.807, 2.05) is 0 Å². The minimum Gasteiger partial charge on any atom is -0.463 e. The molecule has 1 aromatic carbocycles. The van der Waals surface area contributed by atoms with E-state index in [9.17, 15) is 17.6 Å². The van der Waals surface area contributed by atoms with Crippen LogP contribution in [0.1, 0.15) is 5.56 Å². The number of nitrogens with zero attached hydrogens (tertiary/aromatic N) is 1. The van der Waals surface area contributed by atoms with Crippen molar-refractivity contribution in [1.82, 2.24) is 15.0 Å². The number of carbonyl (C=O) groups excluding carboxylic acids is 1. The number of hydrogen-bond donors (Lipinski definition) is 2. The second-order valence-electron chi connectivity index (χ2n) is 5.59. The van der Waals surface area contributed by atoms with Crippen molar-refractivity contribution >= 4 is 15.9 Å². The molecule has 0 radical (unpaired) electrons. The summed E-state index contributed by atoms with van der Waals surface area (Å²) in [7, 11) is -3.97. The van der Waals surface area contributed by atoms with Crippen LogP contribution in [0.25, 0.3) is 11.5 Å². The van der Waals surface area contributed by atoms with Gasteiger partial charge >= 0.3 is 0 Å². The molecule has 0 fully saturated rings. The molecule has 0 aliphatic carbocycles. The van der Waals surface area contributed by atoms with E-state index in [4.69, 9.17) is 4.42 Å². The number of amides is 1. The quantitative estimate of drug-likeness (QED) is 0.644. The van der Waals surface area contributed by atoms with Crippen molar-refractivity contribution in [2.45, 2.75) is 11.4 Å². The van der Waals surface area contributed by atoms with Gasteiger partial charge in [-0.2, -0.15) is 0 Å². The lowest BCUT2D eigenvalue weighted by Gasteiger charge is -2.08. The van der Waals surface area contributed by atoms with Crippen molar-refractivity contribution < 1.29 is 22.0 Å². The SMILES string of the molecule is O=C(CNS(=O)(=O)c1cccc(F)c1)NCc1ccnc(-c2ccco2)c1. The maximum absolute atomic E-state index is 13.2. The van der Waals surface area contributed by atoms with Crippen molar-refractivity contribution in [2.75, 3.05) is 6.54 Å². The second kappa shape index (κ2) is 8.11. The van der Waals surface area contributed by atoms with Crippen molar-refractivity contribution in [2.24, 2.45) is 0 Å². The molecule has 0 aliphatic heterocycles. The van der Waals surface area contributed by atoms with Gasteiger partial charge in [0.05, 0.1) is 17.7 Å². The van der Waals surface area contributed by atoms with Gasteiger partial charge in [-0.15, -0.1) is 0 Å². The van der Waals surface area contributed by atoms with E-state index in [-0.39, 0.29) is 11.4 Å². The Labute approximate surface area is 155 Å². The summed E-state index contributed by atoms with van der Waals surface area (Å²) in [5.74, 6) is -0.593. The summed E-state index contributed by atoms with van der Waals surface area (Å²) in [5, 5.41) is 2.61. The van der Waals surface area contributed by atoms with Crippen LogP contribution in [0.5, 0.6) is 0 Å². The summed E-state index contributed by atoms with van der Waals surface area (Å²) in [4.78, 5) is 15.9. The molecule has 3 aromatic rings. The number of carbonyl (C=O) groups is 1. The summed E-state index contributed by atoms with van der Waals surface area (Å²) < 4.78 is 44.7. The van der Waals surface area contributed by atoms with Gasteiger partial charge in [0, 0.05) is 12.7 Å². The molecule has 9 heteroatoms. The Kier molecular flexibility index (Phi) is 5.63. The van der Waals surface area contributed by atoms with Crippen LogP contribution in [-0.2, 0) is 21.4 Å². The predicted molar refractivity (Wildman–Crippen MR) is 95.4 cm³/mol. The number of aromatic nitrogens is 1. The maximum Gasteiger partial charge on any atom is 0.241 e. The summed E-state index contributed by atoms with van der Waals surface area (Å²) in [6.45, 7) is -0.272. The van der Waals surface area contributed by atoms with Crippen LogP contribution in [0.3, 0.4) is 0 Å². The van der Waals surface area contributed by atoms with Gasteiger partial charge in [0.2, 0.25) is 15.9 Å². The summed E-state index contributed by atoms with van der Waals surface area (Å²) in [5.41, 5.74) is 1.40. The molecule has 140 valence electrons. The first-order valence-corrected chi connectivity index (χ1v) is 9.43. The summed E-state index contributed by atoms with van der Waals surface area (Å²) in [6, 6.07) is 11.5. The third-order valence-electron chi connectivity index (χ3n) is 3.62. The molecule has 7 nitrogen and oxygen atoms in total. The summed E-state index contributed by atoms with van der Waals surface area (Å²) >= 11 is 0. The molecule has 0 unspecified atom stereocenters. The first-order valence-electron chi connectivity index (χ1n) is 7.95. The molecule has 2 aromatic heterocycles. The van der Waals surface area contributed by atoms with Gasteiger partial charge in [0.1, 0.15) is 11.5 Å². The van der Waals surface area contributed by atoms with Gasteiger partial charge in [0.15, 0.2) is 5.76 Å². The van der Waals surface area contributed by atoms with Gasteiger partial charge in [-0.1, -0.05) is 6.07 Å². The third kappa shape index (κ3) is 4.99. The van der Waals surface area contributed by atoms with E-state index in [0.29, 0.717) is 11.5 Å². The van der Waals surface area contributed by atoms with Crippen LogP contribution in [0.15, 0.2) is 70.3 Å². The molecule has 0 saturated heterocycles. The van der Waals surface area contributed by atoms with E-state index in [1.54, 1.807) is 30.5 Å². The smallest absolute Gasteiger partial charge is 0.241 e. The normalized spacial score (nSPS) is 11.3. The predicted octanol–water partition coefficient (Wildman–Crippen LogP) is 2.08. The Morgan fingerprint density at radius 3 is 2.74 bits per heavy atom. The molecule has 2 heterocycles. The monoisotopic (exact) mass is 389 g/mol. The lowest BCUT2D eigenvalue weighted by molar-refractivity contribution is -0.120. The molecular weight excluding hydrogens is 373 g/mol. The average Bonchev–Trinajstić information content (AvgIpc) is 3.20. The molecule has 27 heavy (non-hydrogen) atoms. The molecule has 2 N–H and O–H groups in total.